The van der Waals surface area contributed by atoms with E-state index in [-0.39, 0.29) is 17.8 Å². The first kappa shape index (κ1) is 24.4. The Hall–Kier alpha value is -2.88. The second-order valence-electron chi connectivity index (χ2n) is 8.98. The minimum Gasteiger partial charge on any atom is -0.490 e. The van der Waals surface area contributed by atoms with Crippen molar-refractivity contribution in [3.63, 3.8) is 0 Å². The molecule has 0 atom stereocenters. The van der Waals surface area contributed by atoms with E-state index in [1.54, 1.807) is 44.4 Å². The predicted molar refractivity (Wildman–Crippen MR) is 128 cm³/mol. The van der Waals surface area contributed by atoms with Crippen LogP contribution in [-0.4, -0.2) is 36.8 Å². The van der Waals surface area contributed by atoms with Gasteiger partial charge in [0.25, 0.3) is 5.91 Å². The SMILES string of the molecule is CC(C)Oc1c(/C=C/C(=O)c2ccc(C(=O)N(C)C)cc2)cc(C(C)C)cc1C(C)C. The number of hydrogen-bond acceptors (Lipinski definition) is 3. The molecule has 0 radical (unpaired) electrons. The molecule has 0 aromatic heterocycles. The van der Waals surface area contributed by atoms with Gasteiger partial charge in [-0.1, -0.05) is 45.9 Å². The third-order valence-corrected chi connectivity index (χ3v) is 5.05. The molecule has 0 saturated carbocycles. The smallest absolute Gasteiger partial charge is 0.253 e. The summed E-state index contributed by atoms with van der Waals surface area (Å²) < 4.78 is 6.17. The van der Waals surface area contributed by atoms with Crippen LogP contribution in [0, 0.1) is 0 Å². The zero-order valence-corrected chi connectivity index (χ0v) is 20.0. The van der Waals surface area contributed by atoms with E-state index in [0.29, 0.717) is 23.0 Å². The Kier molecular flexibility index (Phi) is 8.21. The van der Waals surface area contributed by atoms with E-state index in [9.17, 15) is 9.59 Å². The van der Waals surface area contributed by atoms with Gasteiger partial charge >= 0.3 is 0 Å². The zero-order chi connectivity index (χ0) is 23.3. The zero-order valence-electron chi connectivity index (χ0n) is 20.0. The molecule has 2 rings (SSSR count). The van der Waals surface area contributed by atoms with Crippen LogP contribution in [0.15, 0.2) is 42.5 Å². The van der Waals surface area contributed by atoms with Gasteiger partial charge in [-0.05, 0) is 67.2 Å². The van der Waals surface area contributed by atoms with Gasteiger partial charge in [0.05, 0.1) is 6.10 Å². The van der Waals surface area contributed by atoms with Crippen molar-refractivity contribution >= 4 is 17.8 Å². The summed E-state index contributed by atoms with van der Waals surface area (Å²) >= 11 is 0. The van der Waals surface area contributed by atoms with E-state index in [1.165, 1.54) is 10.5 Å². The van der Waals surface area contributed by atoms with Gasteiger partial charge < -0.3 is 9.64 Å². The van der Waals surface area contributed by atoms with Crippen LogP contribution in [0.2, 0.25) is 0 Å². The number of benzene rings is 2. The maximum Gasteiger partial charge on any atom is 0.253 e. The maximum absolute atomic E-state index is 12.8. The number of amides is 1. The summed E-state index contributed by atoms with van der Waals surface area (Å²) in [4.78, 5) is 26.3. The molecule has 0 saturated heterocycles. The van der Waals surface area contributed by atoms with E-state index in [4.69, 9.17) is 4.74 Å². The number of carbonyl (C=O) groups excluding carboxylic acids is 2. The van der Waals surface area contributed by atoms with E-state index < -0.39 is 0 Å². The van der Waals surface area contributed by atoms with Crippen LogP contribution in [0.4, 0.5) is 0 Å². The number of carbonyl (C=O) groups is 2. The number of rotatable bonds is 8. The summed E-state index contributed by atoms with van der Waals surface area (Å²) in [5.74, 6) is 1.31. The molecule has 0 unspecified atom stereocenters. The average molecular weight is 422 g/mol. The molecule has 166 valence electrons. The van der Waals surface area contributed by atoms with Gasteiger partial charge in [0.2, 0.25) is 0 Å². The van der Waals surface area contributed by atoms with Gasteiger partial charge in [-0.25, -0.2) is 0 Å². The fraction of sp³-hybridized carbons (Fsp3) is 0.407. The molecule has 0 heterocycles. The van der Waals surface area contributed by atoms with Gasteiger partial charge in [-0.15, -0.1) is 0 Å². The Morgan fingerprint density at radius 3 is 1.94 bits per heavy atom. The van der Waals surface area contributed by atoms with Crippen LogP contribution in [0.25, 0.3) is 6.08 Å². The standard InChI is InChI=1S/C27H35NO3/c1-17(2)23-15-22(26(31-19(5)6)24(16-23)18(3)4)13-14-25(29)20-9-11-21(12-10-20)27(30)28(7)8/h9-19H,1-8H3/b14-13+. The lowest BCUT2D eigenvalue weighted by molar-refractivity contribution is 0.0827. The van der Waals surface area contributed by atoms with Crippen molar-refractivity contribution in [2.45, 2.75) is 59.5 Å². The summed E-state index contributed by atoms with van der Waals surface area (Å²) in [5, 5.41) is 0. The van der Waals surface area contributed by atoms with Crippen molar-refractivity contribution < 1.29 is 14.3 Å². The molecule has 0 aliphatic rings. The van der Waals surface area contributed by atoms with E-state index in [1.807, 2.05) is 19.9 Å². The van der Waals surface area contributed by atoms with E-state index in [2.05, 4.69) is 39.8 Å². The lowest BCUT2D eigenvalue weighted by atomic mass is 9.91. The second-order valence-corrected chi connectivity index (χ2v) is 8.98. The number of nitrogens with zero attached hydrogens (tertiary/aromatic N) is 1. The van der Waals surface area contributed by atoms with Gasteiger partial charge in [0, 0.05) is 30.8 Å². The monoisotopic (exact) mass is 421 g/mol. The van der Waals surface area contributed by atoms with E-state index in [0.717, 1.165) is 16.9 Å². The summed E-state index contributed by atoms with van der Waals surface area (Å²) in [6.45, 7) is 12.7. The predicted octanol–water partition coefficient (Wildman–Crippen LogP) is 6.32. The molecule has 4 heteroatoms. The molecule has 0 bridgehead atoms. The highest BCUT2D eigenvalue weighted by Gasteiger charge is 2.17. The summed E-state index contributed by atoms with van der Waals surface area (Å²) in [7, 11) is 3.41. The molecule has 2 aromatic rings. The number of hydrogen-bond donors (Lipinski definition) is 0. The largest absolute Gasteiger partial charge is 0.490 e. The first-order valence-electron chi connectivity index (χ1n) is 10.9. The Balaban J connectivity index is 2.41. The lowest BCUT2D eigenvalue weighted by Crippen LogP contribution is -2.21. The fourth-order valence-corrected chi connectivity index (χ4v) is 3.25. The minimum absolute atomic E-state index is 0.0343. The molecule has 31 heavy (non-hydrogen) atoms. The Morgan fingerprint density at radius 1 is 0.871 bits per heavy atom. The highest BCUT2D eigenvalue weighted by atomic mass is 16.5. The Bertz CT molecular complexity index is 951. The number of allylic oxidation sites excluding steroid dienone is 1. The summed E-state index contributed by atoms with van der Waals surface area (Å²) in [6, 6.07) is 11.1. The van der Waals surface area contributed by atoms with Crippen LogP contribution in [-0.2, 0) is 0 Å². The maximum atomic E-state index is 12.8. The topological polar surface area (TPSA) is 46.6 Å². The van der Waals surface area contributed by atoms with Crippen molar-refractivity contribution in [1.29, 1.82) is 0 Å². The van der Waals surface area contributed by atoms with Gasteiger partial charge in [-0.2, -0.15) is 0 Å². The third-order valence-electron chi connectivity index (χ3n) is 5.05. The summed E-state index contributed by atoms with van der Waals surface area (Å²) in [5.41, 5.74) is 4.39. The second kappa shape index (κ2) is 10.4. The molecule has 0 spiro atoms. The number of ketones is 1. The Labute approximate surface area is 186 Å². The molecule has 1 amide bonds. The van der Waals surface area contributed by atoms with Gasteiger partial charge in [0.1, 0.15) is 5.75 Å². The average Bonchev–Trinajstić information content (AvgIpc) is 2.71. The molecule has 0 aliphatic heterocycles. The molecule has 4 nitrogen and oxygen atoms in total. The molecule has 2 aromatic carbocycles. The highest BCUT2D eigenvalue weighted by molar-refractivity contribution is 6.07. The lowest BCUT2D eigenvalue weighted by Gasteiger charge is -2.21. The van der Waals surface area contributed by atoms with Crippen molar-refractivity contribution in [2.75, 3.05) is 14.1 Å². The summed E-state index contributed by atoms with van der Waals surface area (Å²) in [6.07, 6.45) is 3.46. The van der Waals surface area contributed by atoms with Crippen LogP contribution in [0.1, 0.15) is 90.8 Å². The molecular formula is C27H35NO3. The highest BCUT2D eigenvalue weighted by Crippen LogP contribution is 2.35. The van der Waals surface area contributed by atoms with Gasteiger partial charge in [0.15, 0.2) is 5.78 Å². The molecule has 0 aliphatic carbocycles. The minimum atomic E-state index is -0.111. The quantitative estimate of drug-likeness (QED) is 0.370. The first-order chi connectivity index (χ1) is 14.5. The van der Waals surface area contributed by atoms with Crippen molar-refractivity contribution in [3.05, 3.63) is 70.3 Å². The third kappa shape index (κ3) is 6.30. The van der Waals surface area contributed by atoms with Crippen molar-refractivity contribution in [3.8, 4) is 5.75 Å². The first-order valence-corrected chi connectivity index (χ1v) is 10.9. The fourth-order valence-electron chi connectivity index (χ4n) is 3.25. The molecule has 0 N–H and O–H groups in total. The molecule has 0 fully saturated rings. The van der Waals surface area contributed by atoms with Crippen LogP contribution >= 0.6 is 0 Å². The number of ether oxygens (including phenoxy) is 1. The van der Waals surface area contributed by atoms with E-state index >= 15 is 0 Å². The van der Waals surface area contributed by atoms with Gasteiger partial charge in [-0.3, -0.25) is 9.59 Å². The van der Waals surface area contributed by atoms with Crippen LogP contribution < -0.4 is 4.74 Å². The van der Waals surface area contributed by atoms with Crippen LogP contribution in [0.5, 0.6) is 5.75 Å². The van der Waals surface area contributed by atoms with Crippen molar-refractivity contribution in [1.82, 2.24) is 4.90 Å². The normalized spacial score (nSPS) is 11.6. The molecular weight excluding hydrogens is 386 g/mol. The van der Waals surface area contributed by atoms with Crippen LogP contribution in [0.3, 0.4) is 0 Å². The Morgan fingerprint density at radius 2 is 1.45 bits per heavy atom. The van der Waals surface area contributed by atoms with Crippen molar-refractivity contribution in [2.24, 2.45) is 0 Å².